The monoisotopic (exact) mass is 352 g/mol. The van der Waals surface area contributed by atoms with Crippen molar-refractivity contribution in [3.05, 3.63) is 65.2 Å². The second-order valence-corrected chi connectivity index (χ2v) is 6.82. The van der Waals surface area contributed by atoms with Gasteiger partial charge < -0.3 is 15.0 Å². The number of hydrogen-bond acceptors (Lipinski definition) is 2. The molecule has 4 nitrogen and oxygen atoms in total. The highest BCUT2D eigenvalue weighted by Gasteiger charge is 2.20. The first kappa shape index (κ1) is 18.3. The number of carbonyl (C=O) groups excluding carboxylic acids is 1. The molecule has 1 aliphatic carbocycles. The van der Waals surface area contributed by atoms with Crippen molar-refractivity contribution in [3.63, 3.8) is 0 Å². The van der Waals surface area contributed by atoms with Crippen LogP contribution in [0.15, 0.2) is 48.5 Å². The van der Waals surface area contributed by atoms with Crippen LogP contribution in [0.1, 0.15) is 42.5 Å². The van der Waals surface area contributed by atoms with Gasteiger partial charge in [0.05, 0.1) is 12.6 Å². The van der Waals surface area contributed by atoms with E-state index in [1.807, 2.05) is 42.2 Å². The number of nitrogens with zero attached hydrogens (tertiary/aromatic N) is 1. The van der Waals surface area contributed by atoms with E-state index in [1.165, 1.54) is 30.4 Å². The first-order valence-corrected chi connectivity index (χ1v) is 9.47. The van der Waals surface area contributed by atoms with Gasteiger partial charge in [0.15, 0.2) is 0 Å². The summed E-state index contributed by atoms with van der Waals surface area (Å²) in [6.07, 6.45) is 4.86. The van der Waals surface area contributed by atoms with Gasteiger partial charge >= 0.3 is 6.03 Å². The van der Waals surface area contributed by atoms with Gasteiger partial charge in [-0.15, -0.1) is 0 Å². The summed E-state index contributed by atoms with van der Waals surface area (Å²) in [7, 11) is 1.66. The van der Waals surface area contributed by atoms with E-state index < -0.39 is 0 Å². The lowest BCUT2D eigenvalue weighted by Gasteiger charge is -2.29. The molecule has 1 aliphatic rings. The zero-order valence-electron chi connectivity index (χ0n) is 15.7. The minimum absolute atomic E-state index is 0.0108. The summed E-state index contributed by atoms with van der Waals surface area (Å²) in [5, 5.41) is 2.74. The number of benzene rings is 2. The van der Waals surface area contributed by atoms with Crippen LogP contribution in [0.5, 0.6) is 5.75 Å². The van der Waals surface area contributed by atoms with E-state index in [2.05, 4.69) is 23.5 Å². The van der Waals surface area contributed by atoms with Crippen molar-refractivity contribution >= 4 is 6.03 Å². The van der Waals surface area contributed by atoms with Crippen molar-refractivity contribution in [3.8, 4) is 5.75 Å². The molecule has 1 unspecified atom stereocenters. The predicted octanol–water partition coefficient (Wildman–Crippen LogP) is 4.35. The van der Waals surface area contributed by atoms with Gasteiger partial charge in [-0.2, -0.15) is 0 Å². The van der Waals surface area contributed by atoms with E-state index in [4.69, 9.17) is 4.74 Å². The van der Waals surface area contributed by atoms with Gasteiger partial charge in [0, 0.05) is 7.05 Å². The van der Waals surface area contributed by atoms with E-state index in [9.17, 15) is 4.79 Å². The first-order chi connectivity index (χ1) is 12.7. The molecule has 1 N–H and O–H groups in total. The van der Waals surface area contributed by atoms with E-state index in [-0.39, 0.29) is 12.1 Å². The van der Waals surface area contributed by atoms with Crippen LogP contribution >= 0.6 is 0 Å². The molecule has 0 saturated heterocycles. The van der Waals surface area contributed by atoms with E-state index >= 15 is 0 Å². The number of aryl methyl sites for hydroxylation is 2. The number of amides is 2. The topological polar surface area (TPSA) is 41.6 Å². The Bertz CT molecular complexity index is 730. The SMILES string of the molecule is CNC(=O)N(CCOc1ccc2c(c1)CCCC2)C(C)c1ccccc1. The van der Waals surface area contributed by atoms with Crippen LogP contribution in [0, 0.1) is 0 Å². The lowest BCUT2D eigenvalue weighted by atomic mass is 9.92. The van der Waals surface area contributed by atoms with Gasteiger partial charge in [0.1, 0.15) is 12.4 Å². The van der Waals surface area contributed by atoms with Crippen LogP contribution in [0.3, 0.4) is 0 Å². The zero-order chi connectivity index (χ0) is 18.4. The van der Waals surface area contributed by atoms with Crippen molar-refractivity contribution in [2.75, 3.05) is 20.2 Å². The molecule has 0 aliphatic heterocycles. The summed E-state index contributed by atoms with van der Waals surface area (Å²) in [6, 6.07) is 16.4. The van der Waals surface area contributed by atoms with Crippen molar-refractivity contribution in [1.29, 1.82) is 0 Å². The normalized spacial score (nSPS) is 14.2. The van der Waals surface area contributed by atoms with Crippen LogP contribution in [0.2, 0.25) is 0 Å². The van der Waals surface area contributed by atoms with Gasteiger partial charge in [-0.05, 0) is 61.4 Å². The number of urea groups is 1. The molecule has 138 valence electrons. The summed E-state index contributed by atoms with van der Waals surface area (Å²) in [6.45, 7) is 3.06. The fourth-order valence-electron chi connectivity index (χ4n) is 3.59. The molecule has 4 heteroatoms. The number of carbonyl (C=O) groups is 1. The maximum Gasteiger partial charge on any atom is 0.317 e. The minimum Gasteiger partial charge on any atom is -0.492 e. The second-order valence-electron chi connectivity index (χ2n) is 6.82. The molecule has 0 saturated carbocycles. The number of rotatable bonds is 6. The highest BCUT2D eigenvalue weighted by molar-refractivity contribution is 5.74. The summed E-state index contributed by atoms with van der Waals surface area (Å²) < 4.78 is 5.96. The molecule has 0 fully saturated rings. The largest absolute Gasteiger partial charge is 0.492 e. The average molecular weight is 352 g/mol. The van der Waals surface area contributed by atoms with Gasteiger partial charge in [-0.1, -0.05) is 36.4 Å². The molecule has 0 bridgehead atoms. The quantitative estimate of drug-likeness (QED) is 0.840. The van der Waals surface area contributed by atoms with Crippen molar-refractivity contribution in [2.24, 2.45) is 0 Å². The molecular formula is C22H28N2O2. The highest BCUT2D eigenvalue weighted by atomic mass is 16.5. The van der Waals surface area contributed by atoms with E-state index in [1.54, 1.807) is 7.05 Å². The number of fused-ring (bicyclic) bond motifs is 1. The molecule has 0 spiro atoms. The third-order valence-electron chi connectivity index (χ3n) is 5.15. The van der Waals surface area contributed by atoms with Gasteiger partial charge in [-0.3, -0.25) is 0 Å². The number of ether oxygens (including phenoxy) is 1. The Morgan fingerprint density at radius 2 is 1.85 bits per heavy atom. The number of hydrogen-bond donors (Lipinski definition) is 1. The average Bonchev–Trinajstić information content (AvgIpc) is 2.70. The fourth-order valence-corrected chi connectivity index (χ4v) is 3.59. The molecule has 0 heterocycles. The van der Waals surface area contributed by atoms with E-state index in [0.29, 0.717) is 13.2 Å². The summed E-state index contributed by atoms with van der Waals surface area (Å²) in [5.74, 6) is 0.898. The maximum absolute atomic E-state index is 12.3. The predicted molar refractivity (Wildman–Crippen MR) is 105 cm³/mol. The van der Waals surface area contributed by atoms with Crippen LogP contribution in [0.4, 0.5) is 4.79 Å². The summed E-state index contributed by atoms with van der Waals surface area (Å²) in [5.41, 5.74) is 3.98. The minimum atomic E-state index is -0.0876. The standard InChI is InChI=1S/C22H28N2O2/c1-17(18-8-4-3-5-9-18)24(22(25)23-2)14-15-26-21-13-12-19-10-6-7-11-20(19)16-21/h3-5,8-9,12-13,16-17H,6-7,10-11,14-15H2,1-2H3,(H,23,25). The van der Waals surface area contributed by atoms with Crippen LogP contribution < -0.4 is 10.1 Å². The smallest absolute Gasteiger partial charge is 0.317 e. The van der Waals surface area contributed by atoms with Gasteiger partial charge in [0.2, 0.25) is 0 Å². The molecule has 26 heavy (non-hydrogen) atoms. The Hall–Kier alpha value is -2.49. The Morgan fingerprint density at radius 3 is 2.58 bits per heavy atom. The van der Waals surface area contributed by atoms with Crippen LogP contribution in [0.25, 0.3) is 0 Å². The lowest BCUT2D eigenvalue weighted by molar-refractivity contribution is 0.164. The Balaban J connectivity index is 1.62. The Kier molecular flexibility index (Phi) is 6.16. The summed E-state index contributed by atoms with van der Waals surface area (Å²) >= 11 is 0. The lowest BCUT2D eigenvalue weighted by Crippen LogP contribution is -2.42. The fraction of sp³-hybridized carbons (Fsp3) is 0.409. The first-order valence-electron chi connectivity index (χ1n) is 9.47. The third-order valence-corrected chi connectivity index (χ3v) is 5.15. The molecule has 2 aromatic rings. The molecule has 1 atom stereocenters. The van der Waals surface area contributed by atoms with Gasteiger partial charge in [0.25, 0.3) is 0 Å². The summed E-state index contributed by atoms with van der Waals surface area (Å²) in [4.78, 5) is 14.1. The third kappa shape index (κ3) is 4.37. The molecular weight excluding hydrogens is 324 g/mol. The molecule has 0 radical (unpaired) electrons. The van der Waals surface area contributed by atoms with Crippen molar-refractivity contribution in [1.82, 2.24) is 10.2 Å². The Morgan fingerprint density at radius 1 is 1.12 bits per heavy atom. The van der Waals surface area contributed by atoms with Crippen LogP contribution in [-0.2, 0) is 12.8 Å². The van der Waals surface area contributed by atoms with E-state index in [0.717, 1.165) is 17.7 Å². The second kappa shape index (κ2) is 8.75. The Labute approximate surface area is 156 Å². The zero-order valence-corrected chi connectivity index (χ0v) is 15.7. The number of nitrogens with one attached hydrogen (secondary N) is 1. The molecule has 3 rings (SSSR count). The maximum atomic E-state index is 12.3. The molecule has 0 aromatic heterocycles. The van der Waals surface area contributed by atoms with Crippen molar-refractivity contribution in [2.45, 2.75) is 38.6 Å². The van der Waals surface area contributed by atoms with Crippen LogP contribution in [-0.4, -0.2) is 31.1 Å². The highest BCUT2D eigenvalue weighted by Crippen LogP contribution is 2.25. The molecule has 2 aromatic carbocycles. The van der Waals surface area contributed by atoms with Gasteiger partial charge in [-0.25, -0.2) is 4.79 Å². The van der Waals surface area contributed by atoms with Crippen molar-refractivity contribution < 1.29 is 9.53 Å². The molecule has 2 amide bonds.